The number of esters is 2. The second kappa shape index (κ2) is 19.5. The van der Waals surface area contributed by atoms with Crippen LogP contribution in [0.25, 0.3) is 22.5 Å². The van der Waals surface area contributed by atoms with Crippen LogP contribution in [0.5, 0.6) is 0 Å². The third-order valence-electron chi connectivity index (χ3n) is 6.40. The van der Waals surface area contributed by atoms with E-state index in [1.165, 1.54) is 14.2 Å². The summed E-state index contributed by atoms with van der Waals surface area (Å²) in [5.41, 5.74) is 8.07. The smallest absolute Gasteiger partial charge is 0.338 e. The molecule has 0 aliphatic rings. The Labute approximate surface area is 290 Å². The summed E-state index contributed by atoms with van der Waals surface area (Å²) in [6.07, 6.45) is 1.74. The van der Waals surface area contributed by atoms with Crippen molar-refractivity contribution in [2.24, 2.45) is 0 Å². The number of rotatable bonds is 8. The number of halogens is 4. The lowest BCUT2D eigenvalue weighted by molar-refractivity contribution is 0.0591. The molecule has 2 aromatic heterocycles. The maximum Gasteiger partial charge on any atom is 0.338 e. The summed E-state index contributed by atoms with van der Waals surface area (Å²) >= 11 is 20.6. The molecule has 0 radical (unpaired) electrons. The molecule has 0 spiro atoms. The van der Waals surface area contributed by atoms with Crippen molar-refractivity contribution in [2.75, 3.05) is 28.4 Å². The number of ether oxygens (including phenoxy) is 4. The van der Waals surface area contributed by atoms with Gasteiger partial charge < -0.3 is 28.9 Å². The van der Waals surface area contributed by atoms with Gasteiger partial charge in [0.2, 0.25) is 0 Å². The third kappa shape index (κ3) is 11.3. The number of aromatic amines is 2. The predicted molar refractivity (Wildman–Crippen MR) is 184 cm³/mol. The minimum absolute atomic E-state index is 0. The fraction of sp³-hybridized carbons (Fsp3) is 0.375. The van der Waals surface area contributed by atoms with Gasteiger partial charge in [-0.2, -0.15) is 0 Å². The highest BCUT2D eigenvalue weighted by Crippen LogP contribution is 2.31. The summed E-state index contributed by atoms with van der Waals surface area (Å²) in [5, 5.41) is 0.421. The molecule has 4 aromatic rings. The van der Waals surface area contributed by atoms with Crippen molar-refractivity contribution in [3.63, 3.8) is 0 Å². The van der Waals surface area contributed by atoms with E-state index < -0.39 is 4.30 Å². The van der Waals surface area contributed by atoms with Crippen molar-refractivity contribution in [3.8, 4) is 22.5 Å². The average molecular weight is 719 g/mol. The van der Waals surface area contributed by atoms with Crippen molar-refractivity contribution >= 4 is 58.3 Å². The lowest BCUT2D eigenvalue weighted by Gasteiger charge is -2.09. The van der Waals surface area contributed by atoms with Crippen LogP contribution in [-0.2, 0) is 32.2 Å². The van der Waals surface area contributed by atoms with Gasteiger partial charge in [-0.05, 0) is 62.1 Å². The Balaban J connectivity index is 0.000000405. The zero-order valence-electron chi connectivity index (χ0n) is 26.2. The van der Waals surface area contributed by atoms with Gasteiger partial charge in [0.05, 0.1) is 37.2 Å². The molecule has 252 valence electrons. The van der Waals surface area contributed by atoms with Crippen molar-refractivity contribution < 1.29 is 28.5 Å². The van der Waals surface area contributed by atoms with E-state index in [1.807, 2.05) is 45.9 Å². The van der Waals surface area contributed by atoms with Crippen molar-refractivity contribution in [1.82, 2.24) is 19.9 Å². The first-order valence-electron chi connectivity index (χ1n) is 13.4. The molecule has 0 aliphatic carbocycles. The Morgan fingerprint density at radius 1 is 0.739 bits per heavy atom. The fourth-order valence-electron chi connectivity index (χ4n) is 4.40. The number of nitrogens with one attached hydrogen (secondary N) is 2. The number of hydrogen-bond acceptors (Lipinski definition) is 8. The quantitative estimate of drug-likeness (QED) is 0.137. The zero-order chi connectivity index (χ0) is 33.8. The minimum Gasteiger partial charge on any atom is -0.465 e. The number of imidazole rings is 2. The second-order valence-electron chi connectivity index (χ2n) is 9.65. The molecule has 46 heavy (non-hydrogen) atoms. The summed E-state index contributed by atoms with van der Waals surface area (Å²) in [5.74, 6) is 0.678. The Bertz CT molecular complexity index is 1600. The van der Waals surface area contributed by atoms with Gasteiger partial charge in [-0.15, -0.1) is 0 Å². The van der Waals surface area contributed by atoms with Crippen LogP contribution in [0.1, 0.15) is 62.0 Å². The number of carbonyl (C=O) groups is 2. The molecule has 2 N–H and O–H groups in total. The van der Waals surface area contributed by atoms with Crippen LogP contribution in [0.3, 0.4) is 0 Å². The van der Waals surface area contributed by atoms with Gasteiger partial charge in [0.1, 0.15) is 35.7 Å². The topological polar surface area (TPSA) is 128 Å². The number of alkyl halides is 3. The van der Waals surface area contributed by atoms with E-state index >= 15 is 0 Å². The van der Waals surface area contributed by atoms with Gasteiger partial charge in [-0.25, -0.2) is 19.6 Å². The van der Waals surface area contributed by atoms with Crippen LogP contribution in [0, 0.1) is 27.7 Å². The van der Waals surface area contributed by atoms with E-state index in [0.29, 0.717) is 41.0 Å². The van der Waals surface area contributed by atoms with Gasteiger partial charge in [0.25, 0.3) is 0 Å². The Morgan fingerprint density at radius 3 is 1.67 bits per heavy atom. The SMILES string of the molecule is C.COCc1nc(-c2cc(C(=O)OC)c(C)cc2C)c(Cl)[nH]1.COCc1ncc(-c2cc(C(=O)OC)c(C)cc2C)[nH]1.ClC(Cl)Cl. The number of H-pyrrole nitrogens is 2. The lowest BCUT2D eigenvalue weighted by Crippen LogP contribution is -2.05. The van der Waals surface area contributed by atoms with E-state index in [4.69, 9.17) is 65.4 Å². The number of aryl methyl sites for hydroxylation is 4. The third-order valence-corrected chi connectivity index (χ3v) is 6.67. The Morgan fingerprint density at radius 2 is 1.20 bits per heavy atom. The van der Waals surface area contributed by atoms with Gasteiger partial charge in [-0.1, -0.05) is 66.0 Å². The van der Waals surface area contributed by atoms with Gasteiger partial charge >= 0.3 is 11.9 Å². The molecular formula is C32H40Cl4N4O6. The van der Waals surface area contributed by atoms with Crippen LogP contribution < -0.4 is 0 Å². The molecule has 2 heterocycles. The molecule has 0 unspecified atom stereocenters. The first-order valence-corrected chi connectivity index (χ1v) is 15.0. The monoisotopic (exact) mass is 716 g/mol. The zero-order valence-corrected chi connectivity index (χ0v) is 29.3. The van der Waals surface area contributed by atoms with E-state index in [0.717, 1.165) is 44.9 Å². The average Bonchev–Trinajstić information content (AvgIpc) is 3.59. The fourth-order valence-corrected chi connectivity index (χ4v) is 4.65. The van der Waals surface area contributed by atoms with Crippen LogP contribution in [0.2, 0.25) is 5.15 Å². The lowest BCUT2D eigenvalue weighted by atomic mass is 9.98. The molecule has 4 rings (SSSR count). The summed E-state index contributed by atoms with van der Waals surface area (Å²) in [6.45, 7) is 8.48. The highest BCUT2D eigenvalue weighted by atomic mass is 35.6. The van der Waals surface area contributed by atoms with Gasteiger partial charge in [0, 0.05) is 25.3 Å². The number of nitrogens with zero attached hydrogens (tertiary/aromatic N) is 2. The summed E-state index contributed by atoms with van der Waals surface area (Å²) in [6, 6.07) is 7.48. The highest BCUT2D eigenvalue weighted by Gasteiger charge is 2.18. The van der Waals surface area contributed by atoms with Crippen LogP contribution in [0.4, 0.5) is 0 Å². The number of hydrogen-bond donors (Lipinski definition) is 2. The number of aromatic nitrogens is 4. The Hall–Kier alpha value is -3.12. The van der Waals surface area contributed by atoms with Crippen molar-refractivity contribution in [3.05, 3.63) is 80.6 Å². The van der Waals surface area contributed by atoms with E-state index in [1.54, 1.807) is 26.5 Å². The van der Waals surface area contributed by atoms with E-state index in [-0.39, 0.29) is 19.4 Å². The molecule has 0 saturated heterocycles. The van der Waals surface area contributed by atoms with Gasteiger partial charge in [0.15, 0.2) is 4.30 Å². The van der Waals surface area contributed by atoms with Crippen LogP contribution in [0.15, 0.2) is 30.5 Å². The predicted octanol–water partition coefficient (Wildman–Crippen LogP) is 8.53. The van der Waals surface area contributed by atoms with Crippen LogP contribution >= 0.6 is 46.4 Å². The first-order chi connectivity index (χ1) is 21.3. The summed E-state index contributed by atoms with van der Waals surface area (Å²) in [4.78, 5) is 38.4. The summed E-state index contributed by atoms with van der Waals surface area (Å²) < 4.78 is 18.9. The van der Waals surface area contributed by atoms with Crippen molar-refractivity contribution in [1.29, 1.82) is 0 Å². The highest BCUT2D eigenvalue weighted by molar-refractivity contribution is 6.63. The second-order valence-corrected chi connectivity index (χ2v) is 12.0. The maximum absolute atomic E-state index is 11.8. The largest absolute Gasteiger partial charge is 0.465 e. The minimum atomic E-state index is -0.750. The van der Waals surface area contributed by atoms with Crippen LogP contribution in [-0.4, -0.2) is 64.6 Å². The normalized spacial score (nSPS) is 10.3. The molecule has 0 fully saturated rings. The molecule has 14 heteroatoms. The maximum atomic E-state index is 11.8. The Kier molecular flexibility index (Phi) is 17.4. The molecule has 2 aromatic carbocycles. The molecule has 0 saturated carbocycles. The standard InChI is InChI=1S/C15H17ClN2O3.C15H18N2O3.CHCl3.CH4/c1-8-5-9(2)11(15(19)21-4)6-10(8)13-14(16)18-12(17-13)7-20-3;1-9-5-10(2)12(15(18)20-4)6-11(9)13-7-16-14(17-13)8-19-3;2-1(3)4;/h5-6H,7H2,1-4H3,(H,17,18);5-7H,8H2,1-4H3,(H,16,17);1H;1H4. The molecule has 0 bridgehead atoms. The van der Waals surface area contributed by atoms with Crippen molar-refractivity contribution in [2.45, 2.75) is 52.6 Å². The molecule has 10 nitrogen and oxygen atoms in total. The van der Waals surface area contributed by atoms with E-state index in [9.17, 15) is 9.59 Å². The summed E-state index contributed by atoms with van der Waals surface area (Å²) in [7, 11) is 5.95. The number of carbonyl (C=O) groups excluding carboxylic acids is 2. The first kappa shape index (κ1) is 40.9. The molecular weight excluding hydrogens is 678 g/mol. The molecule has 0 atom stereocenters. The number of benzene rings is 2. The van der Waals surface area contributed by atoms with E-state index in [2.05, 4.69) is 19.9 Å². The number of methoxy groups -OCH3 is 4. The molecule has 0 aliphatic heterocycles. The molecule has 0 amide bonds. The van der Waals surface area contributed by atoms with Gasteiger partial charge in [-0.3, -0.25) is 0 Å².